The number of thioether (sulfide) groups is 1. The topological polar surface area (TPSA) is 106 Å². The molecule has 1 aliphatic rings. The van der Waals surface area contributed by atoms with Gasteiger partial charge in [-0.05, 0) is 79.4 Å². The first kappa shape index (κ1) is 29.9. The first-order valence-corrected chi connectivity index (χ1v) is 14.8. The Bertz CT molecular complexity index is 1700. The number of amides is 2. The predicted molar refractivity (Wildman–Crippen MR) is 172 cm³/mol. The number of amidine groups is 1. The number of aryl methyl sites for hydroxylation is 1. The van der Waals surface area contributed by atoms with Gasteiger partial charge in [0.2, 0.25) is 0 Å². The Labute approximate surface area is 261 Å². The Balaban J connectivity index is 1.37. The second-order valence-electron chi connectivity index (χ2n) is 9.34. The third-order valence-electron chi connectivity index (χ3n) is 6.21. The Kier molecular flexibility index (Phi) is 9.75. The van der Waals surface area contributed by atoms with Crippen molar-refractivity contribution in [3.05, 3.63) is 117 Å². The molecule has 1 aliphatic heterocycles. The number of methoxy groups -OCH3 is 1. The number of rotatable bonds is 10. The lowest BCUT2D eigenvalue weighted by molar-refractivity contribution is -0.122. The molecule has 0 spiro atoms. The molecule has 11 heteroatoms. The van der Waals surface area contributed by atoms with E-state index >= 15 is 0 Å². The van der Waals surface area contributed by atoms with E-state index in [0.717, 1.165) is 15.6 Å². The molecule has 3 aromatic carbocycles. The summed E-state index contributed by atoms with van der Waals surface area (Å²) in [7, 11) is 1.59. The highest BCUT2D eigenvalue weighted by Crippen LogP contribution is 2.36. The summed E-state index contributed by atoms with van der Waals surface area (Å²) >= 11 is 4.67. The second-order valence-corrected chi connectivity index (χ2v) is 11.3. The van der Waals surface area contributed by atoms with Gasteiger partial charge in [0.1, 0.15) is 17.3 Å². The maximum atomic E-state index is 13.6. The number of anilines is 1. The van der Waals surface area contributed by atoms with Crippen LogP contribution in [0.4, 0.5) is 5.69 Å². The third kappa shape index (κ3) is 7.82. The Morgan fingerprint density at radius 2 is 1.86 bits per heavy atom. The molecule has 5 rings (SSSR count). The summed E-state index contributed by atoms with van der Waals surface area (Å²) in [6, 6.07) is 23.9. The first-order chi connectivity index (χ1) is 20.9. The van der Waals surface area contributed by atoms with Gasteiger partial charge in [-0.15, -0.1) is 5.10 Å². The first-order valence-electron chi connectivity index (χ1n) is 13.2. The number of nitrogens with zero attached hydrogens (tertiary/aromatic N) is 3. The summed E-state index contributed by atoms with van der Waals surface area (Å²) in [6.45, 7) is 1.95. The summed E-state index contributed by atoms with van der Waals surface area (Å²) in [5, 5.41) is 11.8. The van der Waals surface area contributed by atoms with Crippen molar-refractivity contribution in [2.75, 3.05) is 19.0 Å². The van der Waals surface area contributed by atoms with Crippen LogP contribution in [0.3, 0.4) is 0 Å². The Hall–Kier alpha value is -4.61. The number of carbonyl (C=O) groups excluding carboxylic acids is 2. The molecular weight excluding hydrogens is 632 g/mol. The SMILES string of the molecule is COc1ccccc1/C=N\N=C1\S/C(=C\c2cc(Br)ccc2OCC(=O)Nc2ccc(C)cc2)C(=O)N1Cc1ccco1. The minimum Gasteiger partial charge on any atom is -0.496 e. The van der Waals surface area contributed by atoms with E-state index in [1.54, 1.807) is 43.9 Å². The molecule has 1 saturated heterocycles. The molecule has 1 fully saturated rings. The highest BCUT2D eigenvalue weighted by atomic mass is 79.9. The molecule has 1 N–H and O–H groups in total. The van der Waals surface area contributed by atoms with Crippen molar-refractivity contribution in [2.24, 2.45) is 10.2 Å². The molecule has 0 aliphatic carbocycles. The van der Waals surface area contributed by atoms with E-state index < -0.39 is 0 Å². The van der Waals surface area contributed by atoms with Crippen molar-refractivity contribution in [2.45, 2.75) is 13.5 Å². The number of benzene rings is 3. The maximum Gasteiger partial charge on any atom is 0.267 e. The van der Waals surface area contributed by atoms with Gasteiger partial charge >= 0.3 is 0 Å². The normalized spacial score (nSPS) is 15.0. The van der Waals surface area contributed by atoms with Gasteiger partial charge in [0.15, 0.2) is 11.8 Å². The van der Waals surface area contributed by atoms with Gasteiger partial charge in [0, 0.05) is 21.3 Å². The molecule has 218 valence electrons. The zero-order chi connectivity index (χ0) is 30.2. The fourth-order valence-electron chi connectivity index (χ4n) is 4.08. The number of hydrogen-bond donors (Lipinski definition) is 1. The average molecular weight is 660 g/mol. The van der Waals surface area contributed by atoms with Crippen LogP contribution in [0.1, 0.15) is 22.5 Å². The summed E-state index contributed by atoms with van der Waals surface area (Å²) in [5.41, 5.74) is 3.15. The Morgan fingerprint density at radius 1 is 1.05 bits per heavy atom. The number of nitrogens with one attached hydrogen (secondary N) is 1. The average Bonchev–Trinajstić information content (AvgIpc) is 3.62. The smallest absolute Gasteiger partial charge is 0.267 e. The zero-order valence-corrected chi connectivity index (χ0v) is 25.7. The molecule has 2 heterocycles. The standard InChI is InChI=1S/C32H27BrN4O5S/c1-21-9-12-25(13-10-21)35-30(38)20-42-28-14-11-24(33)16-23(28)17-29-31(39)37(19-26-7-5-15-41-26)32(43-29)36-34-18-22-6-3-4-8-27(22)40-2/h3-18H,19-20H2,1-2H3,(H,35,38)/b29-17-,34-18-,36-32+. The summed E-state index contributed by atoms with van der Waals surface area (Å²) in [5.74, 6) is 1.13. The molecule has 2 amide bonds. The number of halogens is 1. The summed E-state index contributed by atoms with van der Waals surface area (Å²) in [6.07, 6.45) is 4.84. The fraction of sp³-hybridized carbons (Fsp3) is 0.125. The van der Waals surface area contributed by atoms with Crippen LogP contribution >= 0.6 is 27.7 Å². The lowest BCUT2D eigenvalue weighted by Crippen LogP contribution is -2.28. The molecular formula is C32H27BrN4O5S. The molecule has 9 nitrogen and oxygen atoms in total. The number of para-hydroxylation sites is 1. The van der Waals surface area contributed by atoms with Gasteiger partial charge in [-0.1, -0.05) is 45.8 Å². The number of hydrogen-bond acceptors (Lipinski definition) is 8. The molecule has 0 radical (unpaired) electrons. The highest BCUT2D eigenvalue weighted by molar-refractivity contribution is 9.10. The van der Waals surface area contributed by atoms with Crippen LogP contribution < -0.4 is 14.8 Å². The van der Waals surface area contributed by atoms with Gasteiger partial charge in [0.05, 0.1) is 31.0 Å². The number of carbonyl (C=O) groups is 2. The summed E-state index contributed by atoms with van der Waals surface area (Å²) < 4.78 is 17.5. The van der Waals surface area contributed by atoms with Crippen molar-refractivity contribution in [3.63, 3.8) is 0 Å². The Morgan fingerprint density at radius 3 is 2.63 bits per heavy atom. The number of ether oxygens (including phenoxy) is 2. The van der Waals surface area contributed by atoms with Crippen molar-refractivity contribution >= 4 is 62.7 Å². The lowest BCUT2D eigenvalue weighted by atomic mass is 10.2. The van der Waals surface area contributed by atoms with Crippen LogP contribution in [-0.2, 0) is 16.1 Å². The number of furan rings is 1. The van der Waals surface area contributed by atoms with E-state index in [1.807, 2.05) is 67.6 Å². The minimum absolute atomic E-state index is 0.181. The van der Waals surface area contributed by atoms with Crippen LogP contribution in [0.25, 0.3) is 6.08 Å². The van der Waals surface area contributed by atoms with E-state index in [4.69, 9.17) is 13.9 Å². The van der Waals surface area contributed by atoms with Gasteiger partial charge in [0.25, 0.3) is 11.8 Å². The van der Waals surface area contributed by atoms with Gasteiger partial charge in [-0.25, -0.2) is 0 Å². The van der Waals surface area contributed by atoms with Crippen molar-refractivity contribution in [1.82, 2.24) is 4.90 Å². The van der Waals surface area contributed by atoms with Crippen LogP contribution in [0.15, 0.2) is 109 Å². The minimum atomic E-state index is -0.302. The van der Waals surface area contributed by atoms with E-state index in [2.05, 4.69) is 31.4 Å². The molecule has 1 aromatic heterocycles. The molecule has 0 bridgehead atoms. The predicted octanol–water partition coefficient (Wildman–Crippen LogP) is 6.88. The van der Waals surface area contributed by atoms with E-state index in [1.165, 1.54) is 16.7 Å². The third-order valence-corrected chi connectivity index (χ3v) is 7.70. The summed E-state index contributed by atoms with van der Waals surface area (Å²) in [4.78, 5) is 28.1. The zero-order valence-electron chi connectivity index (χ0n) is 23.3. The van der Waals surface area contributed by atoms with Gasteiger partial charge in [-0.3, -0.25) is 14.5 Å². The quantitative estimate of drug-likeness (QED) is 0.113. The van der Waals surface area contributed by atoms with Crippen molar-refractivity contribution in [1.29, 1.82) is 0 Å². The van der Waals surface area contributed by atoms with Crippen molar-refractivity contribution < 1.29 is 23.5 Å². The monoisotopic (exact) mass is 658 g/mol. The van der Waals surface area contributed by atoms with Crippen molar-refractivity contribution in [3.8, 4) is 11.5 Å². The fourth-order valence-corrected chi connectivity index (χ4v) is 5.38. The molecule has 4 aromatic rings. The molecule has 43 heavy (non-hydrogen) atoms. The second kappa shape index (κ2) is 14.0. The maximum absolute atomic E-state index is 13.6. The van der Waals surface area contributed by atoms with E-state index in [9.17, 15) is 9.59 Å². The molecule has 0 saturated carbocycles. The van der Waals surface area contributed by atoms with Crippen LogP contribution in [-0.4, -0.2) is 41.8 Å². The van der Waals surface area contributed by atoms with Gasteiger partial charge < -0.3 is 19.2 Å². The lowest BCUT2D eigenvalue weighted by Gasteiger charge is -2.13. The van der Waals surface area contributed by atoms with Gasteiger partial charge in [-0.2, -0.15) is 5.10 Å². The highest BCUT2D eigenvalue weighted by Gasteiger charge is 2.34. The van der Waals surface area contributed by atoms with Crippen LogP contribution in [0.2, 0.25) is 0 Å². The van der Waals surface area contributed by atoms with E-state index in [-0.39, 0.29) is 25.0 Å². The van der Waals surface area contributed by atoms with E-state index in [0.29, 0.717) is 38.6 Å². The van der Waals surface area contributed by atoms with Crippen LogP contribution in [0, 0.1) is 6.92 Å². The van der Waals surface area contributed by atoms with Crippen LogP contribution in [0.5, 0.6) is 11.5 Å². The largest absolute Gasteiger partial charge is 0.496 e. The molecule has 0 atom stereocenters. The molecule has 0 unspecified atom stereocenters.